The second-order valence-corrected chi connectivity index (χ2v) is 3.45. The number of hydrogen-bond acceptors (Lipinski definition) is 3. The van der Waals surface area contributed by atoms with Crippen LogP contribution in [0.2, 0.25) is 5.02 Å². The summed E-state index contributed by atoms with van der Waals surface area (Å²) in [4.78, 5) is 0. The predicted octanol–water partition coefficient (Wildman–Crippen LogP) is 2.53. The molecular weight excluding hydrogens is 180 g/mol. The van der Waals surface area contributed by atoms with E-state index in [1.165, 1.54) is 11.5 Å². The van der Waals surface area contributed by atoms with Crippen molar-refractivity contribution in [2.24, 2.45) is 0 Å². The molecule has 0 atom stereocenters. The summed E-state index contributed by atoms with van der Waals surface area (Å²) in [6.07, 6.45) is 0. The van der Waals surface area contributed by atoms with E-state index in [0.29, 0.717) is 5.82 Å². The zero-order valence-corrected chi connectivity index (χ0v) is 7.12. The molecule has 0 spiro atoms. The second-order valence-electron chi connectivity index (χ2n) is 2.21. The van der Waals surface area contributed by atoms with Gasteiger partial charge in [-0.25, -0.2) is 0 Å². The molecule has 0 saturated carbocycles. The van der Waals surface area contributed by atoms with Gasteiger partial charge in [0.15, 0.2) is 0 Å². The van der Waals surface area contributed by atoms with E-state index >= 15 is 0 Å². The molecule has 4 heteroatoms. The van der Waals surface area contributed by atoms with Crippen molar-refractivity contribution in [2.45, 2.75) is 0 Å². The van der Waals surface area contributed by atoms with E-state index in [2.05, 4.69) is 4.37 Å². The summed E-state index contributed by atoms with van der Waals surface area (Å²) in [6, 6.07) is 5.57. The van der Waals surface area contributed by atoms with E-state index in [4.69, 9.17) is 17.3 Å². The van der Waals surface area contributed by atoms with Gasteiger partial charge in [0.2, 0.25) is 0 Å². The van der Waals surface area contributed by atoms with Crippen molar-refractivity contribution in [3.05, 3.63) is 23.2 Å². The molecule has 0 radical (unpaired) electrons. The van der Waals surface area contributed by atoms with E-state index < -0.39 is 0 Å². The molecule has 1 aromatic heterocycles. The fourth-order valence-electron chi connectivity index (χ4n) is 0.931. The monoisotopic (exact) mass is 184 g/mol. The molecule has 0 amide bonds. The lowest BCUT2D eigenvalue weighted by Crippen LogP contribution is -1.82. The quantitative estimate of drug-likeness (QED) is 0.684. The number of benzene rings is 1. The number of nitrogen functional groups attached to an aromatic ring is 1. The first-order valence-corrected chi connectivity index (χ1v) is 4.23. The number of fused-ring (bicyclic) bond motifs is 1. The van der Waals surface area contributed by atoms with Crippen LogP contribution in [0.3, 0.4) is 0 Å². The largest absolute Gasteiger partial charge is 0.382 e. The van der Waals surface area contributed by atoms with E-state index in [1.54, 1.807) is 0 Å². The van der Waals surface area contributed by atoms with Gasteiger partial charge in [-0.1, -0.05) is 11.6 Å². The third-order valence-corrected chi connectivity index (χ3v) is 2.52. The molecule has 0 aliphatic rings. The standard InChI is InChI=1S/C7H5ClN2S/c8-4-1-2-5-6(3-4)11-10-7(5)9/h1-3H,(H2,9,10). The first-order chi connectivity index (χ1) is 5.27. The Morgan fingerprint density at radius 3 is 3.09 bits per heavy atom. The predicted molar refractivity (Wildman–Crippen MR) is 49.0 cm³/mol. The van der Waals surface area contributed by atoms with Gasteiger partial charge in [0.25, 0.3) is 0 Å². The van der Waals surface area contributed by atoms with E-state index in [9.17, 15) is 0 Å². The summed E-state index contributed by atoms with van der Waals surface area (Å²) in [5, 5.41) is 1.71. The number of nitrogens with two attached hydrogens (primary N) is 1. The van der Waals surface area contributed by atoms with Gasteiger partial charge in [0, 0.05) is 10.4 Å². The molecule has 2 aromatic rings. The maximum Gasteiger partial charge on any atom is 0.144 e. The van der Waals surface area contributed by atoms with E-state index in [-0.39, 0.29) is 0 Å². The second kappa shape index (κ2) is 2.36. The number of anilines is 1. The molecule has 56 valence electrons. The normalized spacial score (nSPS) is 10.6. The molecule has 2 nitrogen and oxygen atoms in total. The smallest absolute Gasteiger partial charge is 0.144 e. The third-order valence-electron chi connectivity index (χ3n) is 1.46. The van der Waals surface area contributed by atoms with Gasteiger partial charge in [-0.3, -0.25) is 0 Å². The number of rotatable bonds is 0. The lowest BCUT2D eigenvalue weighted by Gasteiger charge is -1.89. The topological polar surface area (TPSA) is 38.9 Å². The fourth-order valence-corrected chi connectivity index (χ4v) is 1.91. The lowest BCUT2D eigenvalue weighted by atomic mass is 10.3. The minimum atomic E-state index is 0.585. The molecule has 1 heterocycles. The van der Waals surface area contributed by atoms with Crippen LogP contribution in [0.15, 0.2) is 18.2 Å². The molecule has 0 fully saturated rings. The van der Waals surface area contributed by atoms with Crippen LogP contribution in [0.5, 0.6) is 0 Å². The van der Waals surface area contributed by atoms with Crippen LogP contribution in [0.4, 0.5) is 5.82 Å². The Labute approximate surface area is 72.8 Å². The third kappa shape index (κ3) is 1.06. The summed E-state index contributed by atoms with van der Waals surface area (Å²) >= 11 is 7.13. The SMILES string of the molecule is Nc1nsc2cc(Cl)ccc12. The Bertz CT molecular complexity index is 396. The minimum Gasteiger partial charge on any atom is -0.382 e. The van der Waals surface area contributed by atoms with Crippen LogP contribution in [0.1, 0.15) is 0 Å². The molecule has 1 aromatic carbocycles. The van der Waals surface area contributed by atoms with E-state index in [1.807, 2.05) is 18.2 Å². The summed E-state index contributed by atoms with van der Waals surface area (Å²) in [6.45, 7) is 0. The van der Waals surface area contributed by atoms with E-state index in [0.717, 1.165) is 15.1 Å². The van der Waals surface area contributed by atoms with Crippen LogP contribution < -0.4 is 5.73 Å². The van der Waals surface area contributed by atoms with Gasteiger partial charge in [-0.15, -0.1) is 0 Å². The van der Waals surface area contributed by atoms with Crippen LogP contribution in [0, 0.1) is 0 Å². The minimum absolute atomic E-state index is 0.585. The van der Waals surface area contributed by atoms with Crippen molar-refractivity contribution in [3.8, 4) is 0 Å². The highest BCUT2D eigenvalue weighted by molar-refractivity contribution is 7.13. The van der Waals surface area contributed by atoms with Crippen molar-refractivity contribution in [2.75, 3.05) is 5.73 Å². The van der Waals surface area contributed by atoms with Crippen molar-refractivity contribution in [1.29, 1.82) is 0 Å². The Kier molecular flexibility index (Phi) is 1.47. The first-order valence-electron chi connectivity index (χ1n) is 3.08. The molecule has 0 unspecified atom stereocenters. The molecule has 11 heavy (non-hydrogen) atoms. The maximum atomic E-state index is 5.77. The van der Waals surface area contributed by atoms with Crippen LogP contribution in [-0.4, -0.2) is 4.37 Å². The summed E-state index contributed by atoms with van der Waals surface area (Å²) in [5.41, 5.74) is 5.58. The first kappa shape index (κ1) is 6.88. The lowest BCUT2D eigenvalue weighted by molar-refractivity contribution is 1.59. The fraction of sp³-hybridized carbons (Fsp3) is 0. The Hall–Kier alpha value is -0.800. The van der Waals surface area contributed by atoms with Gasteiger partial charge in [-0.2, -0.15) is 4.37 Å². The van der Waals surface area contributed by atoms with Crippen molar-refractivity contribution < 1.29 is 0 Å². The van der Waals surface area contributed by atoms with Crippen LogP contribution in [-0.2, 0) is 0 Å². The Balaban J connectivity index is 2.86. The average molecular weight is 185 g/mol. The van der Waals surface area contributed by atoms with Crippen LogP contribution >= 0.6 is 23.1 Å². The van der Waals surface area contributed by atoms with Crippen molar-refractivity contribution >= 4 is 39.0 Å². The number of nitrogens with zero attached hydrogens (tertiary/aromatic N) is 1. The van der Waals surface area contributed by atoms with Crippen LogP contribution in [0.25, 0.3) is 10.1 Å². The molecule has 2 rings (SSSR count). The highest BCUT2D eigenvalue weighted by atomic mass is 35.5. The molecule has 0 bridgehead atoms. The zero-order chi connectivity index (χ0) is 7.84. The molecule has 0 aliphatic carbocycles. The zero-order valence-electron chi connectivity index (χ0n) is 5.54. The highest BCUT2D eigenvalue weighted by Crippen LogP contribution is 2.26. The number of halogens is 1. The van der Waals surface area contributed by atoms with Gasteiger partial charge in [0.1, 0.15) is 5.82 Å². The number of aromatic nitrogens is 1. The molecular formula is C7H5ClN2S. The number of hydrogen-bond donors (Lipinski definition) is 1. The summed E-state index contributed by atoms with van der Waals surface area (Å²) in [7, 11) is 0. The summed E-state index contributed by atoms with van der Waals surface area (Å²) in [5.74, 6) is 0.585. The highest BCUT2D eigenvalue weighted by Gasteiger charge is 2.01. The molecule has 2 N–H and O–H groups in total. The van der Waals surface area contributed by atoms with Gasteiger partial charge >= 0.3 is 0 Å². The van der Waals surface area contributed by atoms with Gasteiger partial charge in [0.05, 0.1) is 4.70 Å². The van der Waals surface area contributed by atoms with Gasteiger partial charge < -0.3 is 5.73 Å². The molecule has 0 saturated heterocycles. The molecule has 0 aliphatic heterocycles. The summed E-state index contributed by atoms with van der Waals surface area (Å²) < 4.78 is 5.03. The van der Waals surface area contributed by atoms with Crippen molar-refractivity contribution in [3.63, 3.8) is 0 Å². The average Bonchev–Trinajstić information content (AvgIpc) is 2.32. The Morgan fingerprint density at radius 1 is 1.45 bits per heavy atom. The maximum absolute atomic E-state index is 5.77. The van der Waals surface area contributed by atoms with Crippen molar-refractivity contribution in [1.82, 2.24) is 4.37 Å². The van der Waals surface area contributed by atoms with Gasteiger partial charge in [-0.05, 0) is 29.7 Å². The Morgan fingerprint density at radius 2 is 2.27 bits per heavy atom.